The third-order valence-electron chi connectivity index (χ3n) is 6.89. The Kier molecular flexibility index (Phi) is 6.97. The number of fused-ring (bicyclic) bond motifs is 1. The number of carbonyl (C=O) groups is 2. The Morgan fingerprint density at radius 2 is 1.89 bits per heavy atom. The van der Waals surface area contributed by atoms with Crippen LogP contribution >= 0.6 is 11.3 Å². The van der Waals surface area contributed by atoms with Crippen molar-refractivity contribution in [1.82, 2.24) is 24.6 Å². The minimum absolute atomic E-state index is 0.0254. The molecular weight excluding hydrogens is 462 g/mol. The van der Waals surface area contributed by atoms with Crippen molar-refractivity contribution in [3.05, 3.63) is 68.9 Å². The average molecular weight is 494 g/mol. The van der Waals surface area contributed by atoms with Gasteiger partial charge < -0.3 is 14.9 Å². The van der Waals surface area contributed by atoms with E-state index in [0.29, 0.717) is 57.7 Å². The molecule has 5 rings (SSSR count). The van der Waals surface area contributed by atoms with E-state index in [1.165, 1.54) is 5.56 Å². The summed E-state index contributed by atoms with van der Waals surface area (Å²) in [5, 5.41) is 17.5. The van der Waals surface area contributed by atoms with Crippen LogP contribution in [0.15, 0.2) is 35.7 Å². The number of aromatic nitrogens is 3. The Hall–Kier alpha value is -3.04. The molecule has 2 amide bonds. The van der Waals surface area contributed by atoms with Crippen molar-refractivity contribution < 1.29 is 14.7 Å². The van der Waals surface area contributed by atoms with E-state index in [4.69, 9.17) is 5.10 Å². The van der Waals surface area contributed by atoms with Gasteiger partial charge in [-0.15, -0.1) is 11.3 Å². The first kappa shape index (κ1) is 23.7. The Bertz CT molecular complexity index is 1200. The number of hydrogen-bond acceptors (Lipinski definition) is 6. The number of piperidine rings is 1. The maximum atomic E-state index is 13.5. The molecule has 0 saturated carbocycles. The van der Waals surface area contributed by atoms with E-state index in [1.54, 1.807) is 16.2 Å². The molecule has 2 aromatic heterocycles. The lowest BCUT2D eigenvalue weighted by Gasteiger charge is -2.30. The van der Waals surface area contributed by atoms with Crippen LogP contribution in [-0.2, 0) is 37.1 Å². The van der Waals surface area contributed by atoms with Crippen LogP contribution in [-0.4, -0.2) is 67.2 Å². The van der Waals surface area contributed by atoms with Crippen LogP contribution in [0.3, 0.4) is 0 Å². The summed E-state index contributed by atoms with van der Waals surface area (Å²) in [4.78, 5) is 34.6. The Labute approximate surface area is 209 Å². The molecule has 4 heterocycles. The van der Waals surface area contributed by atoms with Crippen molar-refractivity contribution in [1.29, 1.82) is 0 Å². The van der Waals surface area contributed by atoms with Gasteiger partial charge in [0.1, 0.15) is 0 Å². The number of amides is 2. The van der Waals surface area contributed by atoms with E-state index in [-0.39, 0.29) is 24.3 Å². The van der Waals surface area contributed by atoms with Crippen LogP contribution in [0.5, 0.6) is 0 Å². The minimum Gasteiger partial charge on any atom is -0.393 e. The smallest absolute Gasteiger partial charge is 0.274 e. The van der Waals surface area contributed by atoms with E-state index in [1.807, 2.05) is 40.1 Å². The van der Waals surface area contributed by atoms with Crippen molar-refractivity contribution in [2.24, 2.45) is 0 Å². The fourth-order valence-electron chi connectivity index (χ4n) is 4.92. The predicted molar refractivity (Wildman–Crippen MR) is 133 cm³/mol. The number of thiazole rings is 1. The van der Waals surface area contributed by atoms with E-state index >= 15 is 0 Å². The van der Waals surface area contributed by atoms with Gasteiger partial charge in [-0.2, -0.15) is 5.10 Å². The number of hydrogen-bond donors (Lipinski definition) is 1. The quantitative estimate of drug-likeness (QED) is 0.570. The highest BCUT2D eigenvalue weighted by Gasteiger charge is 2.33. The number of aliphatic hydroxyl groups is 1. The lowest BCUT2D eigenvalue weighted by atomic mass is 10.0. The monoisotopic (exact) mass is 493 g/mol. The number of aliphatic hydroxyl groups excluding tert-OH is 1. The first-order chi connectivity index (χ1) is 17.0. The number of aryl methyl sites for hydroxylation is 3. The minimum atomic E-state index is -0.348. The topological polar surface area (TPSA) is 91.6 Å². The van der Waals surface area contributed by atoms with Gasteiger partial charge in [-0.25, -0.2) is 4.98 Å². The van der Waals surface area contributed by atoms with Crippen LogP contribution in [0.1, 0.15) is 50.9 Å². The lowest BCUT2D eigenvalue weighted by Crippen LogP contribution is -2.41. The first-order valence-electron chi connectivity index (χ1n) is 12.3. The van der Waals surface area contributed by atoms with E-state index < -0.39 is 0 Å². The summed E-state index contributed by atoms with van der Waals surface area (Å²) in [5.41, 5.74) is 4.38. The third-order valence-corrected chi connectivity index (χ3v) is 7.72. The van der Waals surface area contributed by atoms with Gasteiger partial charge >= 0.3 is 0 Å². The molecule has 9 heteroatoms. The van der Waals surface area contributed by atoms with Crippen molar-refractivity contribution in [3.63, 3.8) is 0 Å². The molecule has 0 aliphatic carbocycles. The SMILES string of the molecule is Cc1nc(CC(=O)N2CCc3c(c(C(=O)N4CCC(O)CC4)nn3CCc3ccccc3)C2)cs1. The maximum Gasteiger partial charge on any atom is 0.274 e. The zero-order valence-corrected chi connectivity index (χ0v) is 20.8. The maximum absolute atomic E-state index is 13.5. The van der Waals surface area contributed by atoms with Crippen LogP contribution in [0.25, 0.3) is 0 Å². The Morgan fingerprint density at radius 1 is 1.11 bits per heavy atom. The normalized spacial score (nSPS) is 16.4. The van der Waals surface area contributed by atoms with Gasteiger partial charge in [-0.3, -0.25) is 14.3 Å². The van der Waals surface area contributed by atoms with Crippen molar-refractivity contribution >= 4 is 23.2 Å². The molecule has 0 atom stereocenters. The summed E-state index contributed by atoms with van der Waals surface area (Å²) in [7, 11) is 0. The summed E-state index contributed by atoms with van der Waals surface area (Å²) < 4.78 is 1.97. The average Bonchev–Trinajstić information content (AvgIpc) is 3.45. The molecular formula is C26H31N5O3S. The Morgan fingerprint density at radius 3 is 2.60 bits per heavy atom. The van der Waals surface area contributed by atoms with Crippen LogP contribution in [0.4, 0.5) is 0 Å². The fraction of sp³-hybridized carbons (Fsp3) is 0.462. The second-order valence-electron chi connectivity index (χ2n) is 9.36. The lowest BCUT2D eigenvalue weighted by molar-refractivity contribution is -0.131. The van der Waals surface area contributed by atoms with Crippen LogP contribution in [0, 0.1) is 6.92 Å². The van der Waals surface area contributed by atoms with Gasteiger partial charge in [0.2, 0.25) is 5.91 Å². The molecule has 2 aliphatic heterocycles. The third kappa shape index (κ3) is 5.31. The fourth-order valence-corrected chi connectivity index (χ4v) is 5.53. The van der Waals surface area contributed by atoms with Crippen molar-refractivity contribution in [3.8, 4) is 0 Å². The van der Waals surface area contributed by atoms with Crippen LogP contribution in [0.2, 0.25) is 0 Å². The Balaban J connectivity index is 1.38. The molecule has 1 N–H and O–H groups in total. The molecule has 1 aromatic carbocycles. The highest BCUT2D eigenvalue weighted by atomic mass is 32.1. The first-order valence-corrected chi connectivity index (χ1v) is 13.1. The number of nitrogens with zero attached hydrogens (tertiary/aromatic N) is 5. The van der Waals surface area contributed by atoms with Crippen molar-refractivity contribution in [2.45, 2.75) is 58.2 Å². The van der Waals surface area contributed by atoms with Gasteiger partial charge in [0.05, 0.1) is 23.2 Å². The highest BCUT2D eigenvalue weighted by molar-refractivity contribution is 7.09. The van der Waals surface area contributed by atoms with Gasteiger partial charge in [0, 0.05) is 55.8 Å². The second kappa shape index (κ2) is 10.3. The molecule has 0 radical (unpaired) electrons. The molecule has 8 nitrogen and oxygen atoms in total. The molecule has 3 aromatic rings. The molecule has 0 unspecified atom stereocenters. The summed E-state index contributed by atoms with van der Waals surface area (Å²) in [6, 6.07) is 10.3. The number of likely N-dealkylation sites (tertiary alicyclic amines) is 1. The summed E-state index contributed by atoms with van der Waals surface area (Å²) in [6.45, 7) is 4.67. The molecule has 1 saturated heterocycles. The predicted octanol–water partition coefficient (Wildman–Crippen LogP) is 2.62. The molecule has 0 spiro atoms. The number of benzene rings is 1. The molecule has 35 heavy (non-hydrogen) atoms. The van der Waals surface area contributed by atoms with Gasteiger partial charge in [-0.05, 0) is 31.7 Å². The second-order valence-corrected chi connectivity index (χ2v) is 10.4. The largest absolute Gasteiger partial charge is 0.393 e. The molecule has 1 fully saturated rings. The van der Waals surface area contributed by atoms with Gasteiger partial charge in [0.15, 0.2) is 5.69 Å². The number of rotatable bonds is 6. The van der Waals surface area contributed by atoms with Gasteiger partial charge in [-0.1, -0.05) is 30.3 Å². The van der Waals surface area contributed by atoms with Crippen LogP contribution < -0.4 is 0 Å². The summed E-state index contributed by atoms with van der Waals surface area (Å²) >= 11 is 1.55. The van der Waals surface area contributed by atoms with Gasteiger partial charge in [0.25, 0.3) is 5.91 Å². The summed E-state index contributed by atoms with van der Waals surface area (Å²) in [5.74, 6) is -0.0754. The van der Waals surface area contributed by atoms with E-state index in [0.717, 1.165) is 28.4 Å². The standard InChI is InChI=1S/C26H31N5O3S/c1-18-27-20(17-35-18)15-24(33)30-13-10-23-22(16-30)25(26(34)29-11-8-21(32)9-12-29)28-31(23)14-7-19-5-3-2-4-6-19/h2-6,17,21,32H,7-16H2,1H3. The zero-order valence-electron chi connectivity index (χ0n) is 20.0. The molecule has 184 valence electrons. The van der Waals surface area contributed by atoms with Crippen molar-refractivity contribution in [2.75, 3.05) is 19.6 Å². The summed E-state index contributed by atoms with van der Waals surface area (Å²) in [6.07, 6.45) is 2.59. The number of carbonyl (C=O) groups excluding carboxylic acids is 2. The highest BCUT2D eigenvalue weighted by Crippen LogP contribution is 2.26. The van der Waals surface area contributed by atoms with E-state index in [9.17, 15) is 14.7 Å². The molecule has 0 bridgehead atoms. The van der Waals surface area contributed by atoms with E-state index in [2.05, 4.69) is 17.1 Å². The zero-order chi connectivity index (χ0) is 24.4. The molecule has 2 aliphatic rings.